The Bertz CT molecular complexity index is 2020. The molecule has 4 amide bonds. The largest absolute Gasteiger partial charge is 0.497 e. The van der Waals surface area contributed by atoms with Crippen LogP contribution in [-0.4, -0.2) is 91.4 Å². The van der Waals surface area contributed by atoms with Crippen LogP contribution in [0.4, 0.5) is 4.79 Å². The number of ether oxygens (including phenoxy) is 3. The summed E-state index contributed by atoms with van der Waals surface area (Å²) in [5.41, 5.74) is -0.329. The highest BCUT2D eigenvalue weighted by Gasteiger charge is 2.61. The molecule has 1 saturated heterocycles. The molecule has 1 aromatic heterocycles. The first-order chi connectivity index (χ1) is 24.8. The molecular formula is C38H47N5O9S. The van der Waals surface area contributed by atoms with Crippen molar-refractivity contribution < 1.29 is 41.8 Å². The summed E-state index contributed by atoms with van der Waals surface area (Å²) < 4.78 is 43.4. The number of methoxy groups -OCH3 is 1. The van der Waals surface area contributed by atoms with Gasteiger partial charge in [-0.05, 0) is 45.2 Å². The first-order valence-corrected chi connectivity index (χ1v) is 19.2. The van der Waals surface area contributed by atoms with Crippen molar-refractivity contribution in [2.24, 2.45) is 11.8 Å². The van der Waals surface area contributed by atoms with Crippen LogP contribution in [0.2, 0.25) is 0 Å². The highest BCUT2D eigenvalue weighted by Crippen LogP contribution is 2.45. The molecule has 2 heterocycles. The van der Waals surface area contributed by atoms with Crippen molar-refractivity contribution in [3.63, 3.8) is 0 Å². The van der Waals surface area contributed by atoms with Crippen LogP contribution in [0.15, 0.2) is 67.3 Å². The predicted octanol–water partition coefficient (Wildman–Crippen LogP) is 3.94. The minimum atomic E-state index is -3.95. The van der Waals surface area contributed by atoms with Crippen molar-refractivity contribution in [2.75, 3.05) is 19.9 Å². The molecule has 0 radical (unpaired) electrons. The Morgan fingerprint density at radius 1 is 1.08 bits per heavy atom. The van der Waals surface area contributed by atoms with Gasteiger partial charge < -0.3 is 29.7 Å². The summed E-state index contributed by atoms with van der Waals surface area (Å²) in [6.07, 6.45) is 0.921. The molecule has 5 atom stereocenters. The third kappa shape index (κ3) is 9.07. The lowest BCUT2D eigenvalue weighted by atomic mass is 10.0. The predicted molar refractivity (Wildman–Crippen MR) is 198 cm³/mol. The Kier molecular flexibility index (Phi) is 11.1. The quantitative estimate of drug-likeness (QED) is 0.230. The van der Waals surface area contributed by atoms with Crippen LogP contribution in [-0.2, 0) is 29.1 Å². The molecule has 14 nitrogen and oxygen atoms in total. The summed E-state index contributed by atoms with van der Waals surface area (Å²) in [4.78, 5) is 60.8. The maximum Gasteiger partial charge on any atom is 0.408 e. The van der Waals surface area contributed by atoms with E-state index in [9.17, 15) is 27.6 Å². The van der Waals surface area contributed by atoms with Crippen LogP contribution in [0.1, 0.15) is 47.5 Å². The number of hydrogen-bond acceptors (Lipinski definition) is 10. The van der Waals surface area contributed by atoms with E-state index in [0.29, 0.717) is 28.1 Å². The number of hydrogen-bond donors (Lipinski definition) is 3. The summed E-state index contributed by atoms with van der Waals surface area (Å²) in [5, 5.41) is 6.08. The monoisotopic (exact) mass is 749 g/mol. The fourth-order valence-electron chi connectivity index (χ4n) is 6.44. The fourth-order valence-corrected chi connectivity index (χ4v) is 6.95. The Morgan fingerprint density at radius 3 is 2.36 bits per heavy atom. The Balaban J connectivity index is 1.50. The van der Waals surface area contributed by atoms with E-state index in [1.807, 2.05) is 41.1 Å². The van der Waals surface area contributed by atoms with Crippen molar-refractivity contribution in [1.82, 2.24) is 25.2 Å². The van der Waals surface area contributed by atoms with E-state index in [4.69, 9.17) is 19.2 Å². The molecule has 1 aliphatic heterocycles. The maximum absolute atomic E-state index is 14.4. The molecule has 3 N–H and O–H groups in total. The number of pyridine rings is 1. The smallest absolute Gasteiger partial charge is 0.408 e. The number of carbonyl (C=O) groups excluding carboxylic acids is 4. The maximum atomic E-state index is 14.4. The van der Waals surface area contributed by atoms with E-state index >= 15 is 0 Å². The summed E-state index contributed by atoms with van der Waals surface area (Å²) in [7, 11) is -2.39. The number of benzene rings is 2. The van der Waals surface area contributed by atoms with E-state index in [0.717, 1.165) is 11.8 Å². The van der Waals surface area contributed by atoms with E-state index in [2.05, 4.69) is 17.2 Å². The average molecular weight is 750 g/mol. The molecule has 2 unspecified atom stereocenters. The normalized spacial score (nSPS) is 21.7. The number of nitrogens with zero attached hydrogens (tertiary/aromatic N) is 2. The van der Waals surface area contributed by atoms with Crippen molar-refractivity contribution in [2.45, 2.75) is 76.8 Å². The van der Waals surface area contributed by atoms with Crippen LogP contribution in [0, 0.1) is 11.8 Å². The van der Waals surface area contributed by atoms with Gasteiger partial charge >= 0.3 is 6.09 Å². The number of carbonyl (C=O) groups is 4. The number of nitrogens with one attached hydrogen (secondary N) is 3. The minimum Gasteiger partial charge on any atom is -0.497 e. The third-order valence-electron chi connectivity index (χ3n) is 9.12. The van der Waals surface area contributed by atoms with Crippen molar-refractivity contribution in [3.8, 4) is 22.8 Å². The zero-order valence-corrected chi connectivity index (χ0v) is 31.8. The number of amides is 4. The van der Waals surface area contributed by atoms with E-state index in [1.54, 1.807) is 59.9 Å². The van der Waals surface area contributed by atoms with E-state index in [-0.39, 0.29) is 19.4 Å². The van der Waals surface area contributed by atoms with Gasteiger partial charge in [0.1, 0.15) is 40.8 Å². The molecule has 1 aliphatic carbocycles. The number of alkyl carbamates (subject to hydrolysis) is 1. The van der Waals surface area contributed by atoms with Gasteiger partial charge in [-0.15, -0.1) is 6.58 Å². The Morgan fingerprint density at radius 2 is 1.77 bits per heavy atom. The van der Waals surface area contributed by atoms with Crippen molar-refractivity contribution in [1.29, 1.82) is 0 Å². The molecule has 0 bridgehead atoms. The summed E-state index contributed by atoms with van der Waals surface area (Å²) in [5.74, 6) is -2.05. The van der Waals surface area contributed by atoms with E-state index < -0.39 is 75.0 Å². The molecular weight excluding hydrogens is 703 g/mol. The molecule has 53 heavy (non-hydrogen) atoms. The first kappa shape index (κ1) is 39.0. The van der Waals surface area contributed by atoms with Crippen LogP contribution in [0.5, 0.6) is 11.5 Å². The molecule has 2 aromatic carbocycles. The van der Waals surface area contributed by atoms with Crippen LogP contribution in [0.3, 0.4) is 0 Å². The number of rotatable bonds is 12. The summed E-state index contributed by atoms with van der Waals surface area (Å²) in [6, 6.07) is 14.5. The van der Waals surface area contributed by atoms with Gasteiger partial charge in [0.15, 0.2) is 0 Å². The van der Waals surface area contributed by atoms with Gasteiger partial charge in [-0.25, -0.2) is 18.2 Å². The molecule has 2 fully saturated rings. The van der Waals surface area contributed by atoms with Gasteiger partial charge in [-0.1, -0.05) is 50.3 Å². The summed E-state index contributed by atoms with van der Waals surface area (Å²) in [6.45, 7) is 12.3. The number of sulfonamides is 1. The van der Waals surface area contributed by atoms with Gasteiger partial charge in [0.05, 0.1) is 31.1 Å². The first-order valence-electron chi connectivity index (χ1n) is 17.3. The standard InChI is InChI=1S/C38H47N5O9S/c1-9-24-20-38(24,35(46)42-53(8,48)49)41-33(44)30-18-26(21-43(30)34(45)32(22(2)3)40-36(47)52-37(4,5)6)51-31-19-28(23-13-11-10-12-14-23)39-29-17-25(50-7)15-16-27(29)31/h9-17,19,22,24,26,30,32H,1,18,20-21H2,2-8H3,(H,40,47)(H,41,44)(H,42,46)/t24?,26-,30+,32+,38?/m1/s1. The topological polar surface area (TPSA) is 182 Å². The molecule has 284 valence electrons. The fraction of sp³-hybridized carbons (Fsp3) is 0.447. The SMILES string of the molecule is C=CC1CC1(NC(=O)[C@@H]1C[C@@H](Oc2cc(-c3ccccc3)nc3cc(OC)ccc23)CN1C(=O)[C@@H](NC(=O)OC(C)(C)C)C(C)C)C(=O)NS(C)(=O)=O. The molecule has 2 aliphatic rings. The third-order valence-corrected chi connectivity index (χ3v) is 9.68. The molecule has 3 aromatic rings. The zero-order chi connectivity index (χ0) is 38.9. The van der Waals surface area contributed by atoms with Gasteiger partial charge in [0.2, 0.25) is 21.8 Å². The second-order valence-corrected chi connectivity index (χ2v) is 16.6. The van der Waals surface area contributed by atoms with Gasteiger partial charge in [-0.2, -0.15) is 0 Å². The van der Waals surface area contributed by atoms with Gasteiger partial charge in [-0.3, -0.25) is 19.1 Å². The van der Waals surface area contributed by atoms with Gasteiger partial charge in [0.25, 0.3) is 5.91 Å². The van der Waals surface area contributed by atoms with Crippen LogP contribution < -0.4 is 24.8 Å². The zero-order valence-electron chi connectivity index (χ0n) is 31.0. The average Bonchev–Trinajstić information content (AvgIpc) is 3.64. The molecule has 1 saturated carbocycles. The highest BCUT2D eigenvalue weighted by atomic mass is 32.2. The lowest BCUT2D eigenvalue weighted by Crippen LogP contribution is -2.59. The second kappa shape index (κ2) is 15.0. The Hall–Kier alpha value is -5.18. The van der Waals surface area contributed by atoms with E-state index in [1.165, 1.54) is 11.0 Å². The van der Waals surface area contributed by atoms with Gasteiger partial charge in [0, 0.05) is 35.4 Å². The Labute approximate surface area is 309 Å². The minimum absolute atomic E-state index is 0.0119. The number of aromatic nitrogens is 1. The van der Waals surface area contributed by atoms with Crippen LogP contribution in [0.25, 0.3) is 22.2 Å². The van der Waals surface area contributed by atoms with Crippen molar-refractivity contribution >= 4 is 44.7 Å². The second-order valence-electron chi connectivity index (χ2n) is 14.8. The summed E-state index contributed by atoms with van der Waals surface area (Å²) >= 11 is 0. The van der Waals surface area contributed by atoms with Crippen LogP contribution >= 0.6 is 0 Å². The molecule has 15 heteroatoms. The lowest BCUT2D eigenvalue weighted by molar-refractivity contribution is -0.141. The molecule has 5 rings (SSSR count). The lowest BCUT2D eigenvalue weighted by Gasteiger charge is -2.31. The van der Waals surface area contributed by atoms with Crippen molar-refractivity contribution in [3.05, 3.63) is 67.3 Å². The number of likely N-dealkylation sites (tertiary alicyclic amines) is 1. The highest BCUT2D eigenvalue weighted by molar-refractivity contribution is 7.89. The number of fused-ring (bicyclic) bond motifs is 1. The molecule has 0 spiro atoms.